The lowest BCUT2D eigenvalue weighted by Crippen LogP contribution is -2.13. The predicted molar refractivity (Wildman–Crippen MR) is 36.2 cm³/mol. The van der Waals surface area contributed by atoms with E-state index in [1.807, 2.05) is 0 Å². The highest BCUT2D eigenvalue weighted by Gasteiger charge is 2.19. The fourth-order valence-electron chi connectivity index (χ4n) is 0.248. The number of hydrogen-bond acceptors (Lipinski definition) is 3. The lowest BCUT2D eigenvalue weighted by atomic mass is 10.4. The zero-order chi connectivity index (χ0) is 8.36. The Labute approximate surface area is 63.2 Å². The molecule has 0 amide bonds. The van der Waals surface area contributed by atoms with Gasteiger partial charge in [0.2, 0.25) is 0 Å². The Morgan fingerprint density at radius 3 is 2.10 bits per heavy atom. The molecule has 0 heterocycles. The highest BCUT2D eigenvalue weighted by molar-refractivity contribution is 8.01. The SMILES string of the molecule is CC(=CCl)C(=O)S(=O)(=O)O. The standard InChI is InChI=1S/C4H5ClO4S/c1-3(2-5)4(6)10(7,8)9/h2H,1H3,(H,7,8,9). The summed E-state index contributed by atoms with van der Waals surface area (Å²) in [5, 5.41) is -1.37. The third-order valence-corrected chi connectivity index (χ3v) is 1.84. The Balaban J connectivity index is 4.75. The Kier molecular flexibility index (Phi) is 3.01. The molecule has 0 bridgehead atoms. The van der Waals surface area contributed by atoms with Crippen LogP contribution in [0.15, 0.2) is 11.1 Å². The van der Waals surface area contributed by atoms with Crippen molar-refractivity contribution in [3.8, 4) is 0 Å². The van der Waals surface area contributed by atoms with Gasteiger partial charge in [-0.3, -0.25) is 9.35 Å². The van der Waals surface area contributed by atoms with Crippen LogP contribution in [0.25, 0.3) is 0 Å². The van der Waals surface area contributed by atoms with Crippen molar-refractivity contribution in [1.82, 2.24) is 0 Å². The van der Waals surface area contributed by atoms with Crippen LogP contribution in [-0.4, -0.2) is 18.1 Å². The first-order valence-corrected chi connectivity index (χ1v) is 4.06. The molecule has 10 heavy (non-hydrogen) atoms. The Morgan fingerprint density at radius 2 is 2.00 bits per heavy atom. The average Bonchev–Trinajstić information content (AvgIpc) is 1.83. The molecule has 1 N–H and O–H groups in total. The van der Waals surface area contributed by atoms with Crippen LogP contribution in [0.4, 0.5) is 0 Å². The second-order valence-corrected chi connectivity index (χ2v) is 3.09. The third kappa shape index (κ3) is 2.47. The molecule has 6 heteroatoms. The van der Waals surface area contributed by atoms with E-state index in [-0.39, 0.29) is 5.57 Å². The van der Waals surface area contributed by atoms with Gasteiger partial charge in [-0.25, -0.2) is 0 Å². The molecule has 0 saturated heterocycles. The maximum absolute atomic E-state index is 10.4. The second-order valence-electron chi connectivity index (χ2n) is 1.55. The van der Waals surface area contributed by atoms with Crippen LogP contribution in [0.3, 0.4) is 0 Å². The normalized spacial score (nSPS) is 13.3. The van der Waals surface area contributed by atoms with Gasteiger partial charge in [-0.2, -0.15) is 8.42 Å². The number of hydrogen-bond donors (Lipinski definition) is 1. The molecule has 0 aromatic heterocycles. The van der Waals surface area contributed by atoms with Gasteiger partial charge >= 0.3 is 10.1 Å². The van der Waals surface area contributed by atoms with E-state index >= 15 is 0 Å². The van der Waals surface area contributed by atoms with Gasteiger partial charge in [0.1, 0.15) is 0 Å². The first kappa shape index (κ1) is 9.61. The van der Waals surface area contributed by atoms with E-state index in [0.29, 0.717) is 0 Å². The monoisotopic (exact) mass is 184 g/mol. The van der Waals surface area contributed by atoms with E-state index in [1.165, 1.54) is 6.92 Å². The first-order chi connectivity index (χ1) is 4.39. The lowest BCUT2D eigenvalue weighted by molar-refractivity contribution is -0.109. The zero-order valence-corrected chi connectivity index (χ0v) is 6.61. The van der Waals surface area contributed by atoms with E-state index in [4.69, 9.17) is 16.2 Å². The number of carbonyl (C=O) groups is 1. The summed E-state index contributed by atoms with van der Waals surface area (Å²) in [5.74, 6) is 0. The van der Waals surface area contributed by atoms with E-state index in [1.54, 1.807) is 0 Å². The molecule has 0 radical (unpaired) electrons. The van der Waals surface area contributed by atoms with Gasteiger partial charge < -0.3 is 0 Å². The largest absolute Gasteiger partial charge is 0.333 e. The molecule has 0 fully saturated rings. The summed E-state index contributed by atoms with van der Waals surface area (Å²) in [6.45, 7) is 1.18. The molecular formula is C4H5ClO4S. The summed E-state index contributed by atoms with van der Waals surface area (Å²) in [7, 11) is -4.61. The maximum atomic E-state index is 10.4. The smallest absolute Gasteiger partial charge is 0.279 e. The van der Waals surface area contributed by atoms with Gasteiger partial charge in [-0.15, -0.1) is 0 Å². The third-order valence-electron chi connectivity index (χ3n) is 0.720. The molecule has 0 atom stereocenters. The second kappa shape index (κ2) is 3.14. The van der Waals surface area contributed by atoms with Crippen molar-refractivity contribution in [1.29, 1.82) is 0 Å². The summed E-state index contributed by atoms with van der Waals surface area (Å²) in [5.41, 5.74) is 0.569. The fraction of sp³-hybridized carbons (Fsp3) is 0.250. The molecule has 0 aromatic rings. The van der Waals surface area contributed by atoms with Gasteiger partial charge in [-0.05, 0) is 6.92 Å². The van der Waals surface area contributed by atoms with Crippen molar-refractivity contribution >= 4 is 26.8 Å². The van der Waals surface area contributed by atoms with Crippen LogP contribution in [0.5, 0.6) is 0 Å². The topological polar surface area (TPSA) is 71.4 Å². The Morgan fingerprint density at radius 1 is 1.60 bits per heavy atom. The summed E-state index contributed by atoms with van der Waals surface area (Å²) in [6.07, 6.45) is 0. The van der Waals surface area contributed by atoms with Gasteiger partial charge in [-0.1, -0.05) is 11.6 Å². The minimum absolute atomic E-state index is 0.218. The van der Waals surface area contributed by atoms with Crippen LogP contribution in [0, 0.1) is 0 Å². The van der Waals surface area contributed by atoms with Crippen molar-refractivity contribution in [3.63, 3.8) is 0 Å². The quantitative estimate of drug-likeness (QED) is 0.477. The minimum Gasteiger partial charge on any atom is -0.279 e. The van der Waals surface area contributed by atoms with Crippen molar-refractivity contribution in [2.24, 2.45) is 0 Å². The van der Waals surface area contributed by atoms with Gasteiger partial charge in [0, 0.05) is 11.1 Å². The first-order valence-electron chi connectivity index (χ1n) is 2.18. The number of carbonyl (C=O) groups excluding carboxylic acids is 1. The summed E-state index contributed by atoms with van der Waals surface area (Å²) in [4.78, 5) is 10.4. The van der Waals surface area contributed by atoms with Crippen LogP contribution in [-0.2, 0) is 14.9 Å². The molecule has 0 unspecified atom stereocenters. The van der Waals surface area contributed by atoms with Gasteiger partial charge in [0.25, 0.3) is 5.12 Å². The molecule has 0 aliphatic carbocycles. The molecule has 0 aliphatic heterocycles. The molecule has 0 aromatic carbocycles. The summed E-state index contributed by atoms with van der Waals surface area (Å²) >= 11 is 4.99. The van der Waals surface area contributed by atoms with E-state index in [9.17, 15) is 13.2 Å². The van der Waals surface area contributed by atoms with Crippen molar-refractivity contribution < 1.29 is 17.8 Å². The molecule has 58 valence electrons. The summed E-state index contributed by atoms with van der Waals surface area (Å²) in [6, 6.07) is 0. The molecule has 0 saturated carbocycles. The van der Waals surface area contributed by atoms with E-state index in [0.717, 1.165) is 5.54 Å². The van der Waals surface area contributed by atoms with Crippen LogP contribution in [0.2, 0.25) is 0 Å². The Bertz CT molecular complexity index is 263. The van der Waals surface area contributed by atoms with Crippen molar-refractivity contribution in [3.05, 3.63) is 11.1 Å². The van der Waals surface area contributed by atoms with Gasteiger partial charge in [0.05, 0.1) is 0 Å². The number of halogens is 1. The Hall–Kier alpha value is -0.390. The molecule has 0 aliphatic rings. The highest BCUT2D eigenvalue weighted by Crippen LogP contribution is 2.01. The van der Waals surface area contributed by atoms with Crippen LogP contribution < -0.4 is 0 Å². The predicted octanol–water partition coefficient (Wildman–Crippen LogP) is 0.543. The highest BCUT2D eigenvalue weighted by atomic mass is 35.5. The van der Waals surface area contributed by atoms with E-state index in [2.05, 4.69) is 0 Å². The number of rotatable bonds is 1. The molecule has 4 nitrogen and oxygen atoms in total. The molecular weight excluding hydrogens is 180 g/mol. The van der Waals surface area contributed by atoms with Crippen LogP contribution >= 0.6 is 11.6 Å². The molecule has 0 spiro atoms. The minimum atomic E-state index is -4.61. The lowest BCUT2D eigenvalue weighted by Gasteiger charge is -1.91. The van der Waals surface area contributed by atoms with Crippen molar-refractivity contribution in [2.75, 3.05) is 0 Å². The zero-order valence-electron chi connectivity index (χ0n) is 5.04. The van der Waals surface area contributed by atoms with E-state index < -0.39 is 15.2 Å². The van der Waals surface area contributed by atoms with Crippen LogP contribution in [0.1, 0.15) is 6.92 Å². The van der Waals surface area contributed by atoms with Crippen molar-refractivity contribution in [2.45, 2.75) is 6.92 Å². The summed E-state index contributed by atoms with van der Waals surface area (Å²) < 4.78 is 28.2. The molecule has 0 rings (SSSR count). The fourth-order valence-corrected chi connectivity index (χ4v) is 0.878. The average molecular weight is 185 g/mol. The maximum Gasteiger partial charge on any atom is 0.333 e. The van der Waals surface area contributed by atoms with Gasteiger partial charge in [0.15, 0.2) is 0 Å².